The van der Waals surface area contributed by atoms with Gasteiger partial charge in [0.05, 0.1) is 13.7 Å². The van der Waals surface area contributed by atoms with Gasteiger partial charge in [-0.25, -0.2) is 9.97 Å². The molecule has 0 aromatic carbocycles. The molecule has 0 radical (unpaired) electrons. The van der Waals surface area contributed by atoms with Crippen molar-refractivity contribution < 1.29 is 14.3 Å². The molecule has 1 saturated carbocycles. The average Bonchev–Trinajstić information content (AvgIpc) is 3.15. The molecule has 1 unspecified atom stereocenters. The molecule has 1 amide bonds. The summed E-state index contributed by atoms with van der Waals surface area (Å²) in [7, 11) is 1.55. The molecule has 1 aromatic heterocycles. The number of unbranched alkanes of at least 4 members (excludes halogenated alkanes) is 1. The largest absolute Gasteiger partial charge is 0.477 e. The predicted octanol–water partition coefficient (Wildman–Crippen LogP) is 3.46. The lowest BCUT2D eigenvalue weighted by atomic mass is 9.79. The Balaban J connectivity index is 1.47. The van der Waals surface area contributed by atoms with Crippen LogP contribution in [0.1, 0.15) is 58.3 Å². The first kappa shape index (κ1) is 18.9. The zero-order chi connectivity index (χ0) is 18.4. The molecule has 1 saturated heterocycles. The van der Waals surface area contributed by atoms with E-state index >= 15 is 0 Å². The maximum atomic E-state index is 12.9. The first-order valence-corrected chi connectivity index (χ1v) is 10.0. The van der Waals surface area contributed by atoms with E-state index in [1.165, 1.54) is 32.1 Å². The van der Waals surface area contributed by atoms with Crippen molar-refractivity contribution in [1.29, 1.82) is 0 Å². The number of rotatable bonds is 7. The van der Waals surface area contributed by atoms with Crippen molar-refractivity contribution in [3.8, 4) is 11.8 Å². The highest BCUT2D eigenvalue weighted by atomic mass is 16.5. The van der Waals surface area contributed by atoms with Crippen LogP contribution in [0.15, 0.2) is 12.4 Å². The SMILES string of the molecule is CCCCC1CCC(C(=O)N2CCC(Oc3nccnc3OC)C2)CC1. The molecule has 0 spiro atoms. The molecule has 2 fully saturated rings. The number of amides is 1. The van der Waals surface area contributed by atoms with E-state index in [2.05, 4.69) is 16.9 Å². The number of likely N-dealkylation sites (tertiary alicyclic amines) is 1. The van der Waals surface area contributed by atoms with E-state index in [1.807, 2.05) is 4.90 Å². The van der Waals surface area contributed by atoms with Gasteiger partial charge in [-0.3, -0.25) is 4.79 Å². The third-order valence-corrected chi connectivity index (χ3v) is 5.72. The average molecular weight is 361 g/mol. The van der Waals surface area contributed by atoms with Crippen molar-refractivity contribution in [2.24, 2.45) is 11.8 Å². The number of hydrogen-bond acceptors (Lipinski definition) is 5. The van der Waals surface area contributed by atoms with Crippen LogP contribution in [0.25, 0.3) is 0 Å². The summed E-state index contributed by atoms with van der Waals surface area (Å²) in [5.74, 6) is 2.15. The highest BCUT2D eigenvalue weighted by Gasteiger charge is 2.34. The van der Waals surface area contributed by atoms with Crippen LogP contribution in [0.2, 0.25) is 0 Å². The quantitative estimate of drug-likeness (QED) is 0.744. The minimum atomic E-state index is -0.0366. The van der Waals surface area contributed by atoms with Gasteiger partial charge in [0.1, 0.15) is 6.10 Å². The lowest BCUT2D eigenvalue weighted by molar-refractivity contribution is -0.136. The van der Waals surface area contributed by atoms with Gasteiger partial charge in [0.15, 0.2) is 0 Å². The van der Waals surface area contributed by atoms with Gasteiger partial charge < -0.3 is 14.4 Å². The Bertz CT molecular complexity index is 587. The van der Waals surface area contributed by atoms with Crippen LogP contribution >= 0.6 is 0 Å². The number of hydrogen-bond donors (Lipinski definition) is 0. The second-order valence-electron chi connectivity index (χ2n) is 7.54. The minimum Gasteiger partial charge on any atom is -0.477 e. The molecule has 0 N–H and O–H groups in total. The van der Waals surface area contributed by atoms with Crippen molar-refractivity contribution in [2.45, 2.75) is 64.4 Å². The van der Waals surface area contributed by atoms with Gasteiger partial charge in [0.25, 0.3) is 11.8 Å². The maximum absolute atomic E-state index is 12.9. The Morgan fingerprint density at radius 2 is 1.88 bits per heavy atom. The molecule has 2 aliphatic rings. The highest BCUT2D eigenvalue weighted by molar-refractivity contribution is 5.79. The second kappa shape index (κ2) is 9.19. The molecule has 3 rings (SSSR count). The number of ether oxygens (including phenoxy) is 2. The fourth-order valence-electron chi connectivity index (χ4n) is 4.16. The van der Waals surface area contributed by atoms with Crippen LogP contribution in [0.3, 0.4) is 0 Å². The summed E-state index contributed by atoms with van der Waals surface area (Å²) < 4.78 is 11.1. The van der Waals surface area contributed by atoms with Crippen LogP contribution in [0, 0.1) is 11.8 Å². The van der Waals surface area contributed by atoms with Gasteiger partial charge in [0, 0.05) is 31.3 Å². The molecule has 1 aromatic rings. The second-order valence-corrected chi connectivity index (χ2v) is 7.54. The number of nitrogens with zero attached hydrogens (tertiary/aromatic N) is 3. The van der Waals surface area contributed by atoms with Crippen molar-refractivity contribution in [3.63, 3.8) is 0 Å². The molecular formula is C20H31N3O3. The smallest absolute Gasteiger partial charge is 0.278 e. The summed E-state index contributed by atoms with van der Waals surface area (Å²) in [5.41, 5.74) is 0. The Kier molecular flexibility index (Phi) is 6.69. The summed E-state index contributed by atoms with van der Waals surface area (Å²) in [6.45, 7) is 3.65. The predicted molar refractivity (Wildman–Crippen MR) is 99.2 cm³/mol. The fourth-order valence-corrected chi connectivity index (χ4v) is 4.16. The van der Waals surface area contributed by atoms with E-state index in [4.69, 9.17) is 9.47 Å². The van der Waals surface area contributed by atoms with Crippen molar-refractivity contribution >= 4 is 5.91 Å². The Labute approximate surface area is 156 Å². The van der Waals surface area contributed by atoms with E-state index in [-0.39, 0.29) is 12.0 Å². The standard InChI is InChI=1S/C20H31N3O3/c1-3-4-5-15-6-8-16(9-7-15)20(24)23-13-10-17(14-23)26-19-18(25-2)21-11-12-22-19/h11-12,15-17H,3-10,13-14H2,1-2H3. The van der Waals surface area contributed by atoms with E-state index < -0.39 is 0 Å². The van der Waals surface area contributed by atoms with Crippen LogP contribution in [0.4, 0.5) is 0 Å². The lowest BCUT2D eigenvalue weighted by Crippen LogP contribution is -2.37. The Hall–Kier alpha value is -1.85. The zero-order valence-electron chi connectivity index (χ0n) is 16.0. The van der Waals surface area contributed by atoms with Crippen LogP contribution in [-0.4, -0.2) is 47.1 Å². The summed E-state index contributed by atoms with van der Waals surface area (Å²) in [6, 6.07) is 0. The van der Waals surface area contributed by atoms with Crippen molar-refractivity contribution in [3.05, 3.63) is 12.4 Å². The molecule has 6 nitrogen and oxygen atoms in total. The van der Waals surface area contributed by atoms with Gasteiger partial charge in [0.2, 0.25) is 5.91 Å². The molecule has 2 heterocycles. The third-order valence-electron chi connectivity index (χ3n) is 5.72. The lowest BCUT2D eigenvalue weighted by Gasteiger charge is -2.30. The number of aromatic nitrogens is 2. The van der Waals surface area contributed by atoms with Gasteiger partial charge in [-0.05, 0) is 31.6 Å². The van der Waals surface area contributed by atoms with Crippen LogP contribution < -0.4 is 9.47 Å². The summed E-state index contributed by atoms with van der Waals surface area (Å²) in [5, 5.41) is 0. The minimum absolute atomic E-state index is 0.0366. The fraction of sp³-hybridized carbons (Fsp3) is 0.750. The van der Waals surface area contributed by atoms with Crippen molar-refractivity contribution in [2.75, 3.05) is 20.2 Å². The first-order chi connectivity index (χ1) is 12.7. The normalized spacial score (nSPS) is 25.9. The van der Waals surface area contributed by atoms with E-state index in [0.29, 0.717) is 24.2 Å². The van der Waals surface area contributed by atoms with E-state index in [9.17, 15) is 4.79 Å². The van der Waals surface area contributed by atoms with E-state index in [0.717, 1.165) is 31.7 Å². The summed E-state index contributed by atoms with van der Waals surface area (Å²) in [4.78, 5) is 23.1. The number of carbonyl (C=O) groups excluding carboxylic acids is 1. The molecular weight excluding hydrogens is 330 g/mol. The monoisotopic (exact) mass is 361 g/mol. The Morgan fingerprint density at radius 3 is 2.58 bits per heavy atom. The first-order valence-electron chi connectivity index (χ1n) is 10.0. The van der Waals surface area contributed by atoms with Crippen LogP contribution in [0.5, 0.6) is 11.8 Å². The molecule has 1 atom stereocenters. The summed E-state index contributed by atoms with van der Waals surface area (Å²) in [6.07, 6.45) is 12.4. The third kappa shape index (κ3) is 4.65. The zero-order valence-corrected chi connectivity index (χ0v) is 16.0. The van der Waals surface area contributed by atoms with Crippen LogP contribution in [-0.2, 0) is 4.79 Å². The van der Waals surface area contributed by atoms with Gasteiger partial charge in [-0.15, -0.1) is 0 Å². The molecule has 26 heavy (non-hydrogen) atoms. The van der Waals surface area contributed by atoms with Gasteiger partial charge >= 0.3 is 0 Å². The van der Waals surface area contributed by atoms with E-state index in [1.54, 1.807) is 19.5 Å². The molecule has 0 bridgehead atoms. The van der Waals surface area contributed by atoms with Gasteiger partial charge in [-0.1, -0.05) is 26.2 Å². The molecule has 1 aliphatic carbocycles. The van der Waals surface area contributed by atoms with Crippen molar-refractivity contribution in [1.82, 2.24) is 14.9 Å². The number of methoxy groups -OCH3 is 1. The highest BCUT2D eigenvalue weighted by Crippen LogP contribution is 2.34. The maximum Gasteiger partial charge on any atom is 0.278 e. The van der Waals surface area contributed by atoms with Gasteiger partial charge in [-0.2, -0.15) is 0 Å². The number of carbonyl (C=O) groups is 1. The molecule has 144 valence electrons. The topological polar surface area (TPSA) is 64.6 Å². The summed E-state index contributed by atoms with van der Waals surface area (Å²) >= 11 is 0. The molecule has 6 heteroatoms. The molecule has 1 aliphatic heterocycles. The Morgan fingerprint density at radius 1 is 1.15 bits per heavy atom.